The fourth-order valence-corrected chi connectivity index (χ4v) is 1.26. The summed E-state index contributed by atoms with van der Waals surface area (Å²) < 4.78 is 4.92. The Morgan fingerprint density at radius 1 is 1.25 bits per heavy atom. The predicted octanol–water partition coefficient (Wildman–Crippen LogP) is -1.15. The molecule has 0 aliphatic rings. The summed E-state index contributed by atoms with van der Waals surface area (Å²) >= 11 is 0. The van der Waals surface area contributed by atoms with Crippen LogP contribution < -0.4 is 11.1 Å². The Morgan fingerprint density at radius 3 is 2.20 bits per heavy atom. The molecule has 8 heteroatoms. The smallest absolute Gasteiger partial charge is 0.331 e. The summed E-state index contributed by atoms with van der Waals surface area (Å²) in [5, 5.41) is 20.2. The molecule has 0 spiro atoms. The molecule has 0 saturated carbocycles. The molecule has 0 rings (SSSR count). The molecule has 0 unspecified atom stereocenters. The number of esters is 1. The monoisotopic (exact) mass is 290 g/mol. The number of carbonyl (C=O) groups excluding carboxylic acids is 2. The third-order valence-corrected chi connectivity index (χ3v) is 2.32. The van der Waals surface area contributed by atoms with Crippen LogP contribution in [0.5, 0.6) is 0 Å². The van der Waals surface area contributed by atoms with E-state index in [1.54, 1.807) is 0 Å². The summed E-state index contributed by atoms with van der Waals surface area (Å²) in [6.45, 7) is 5.14. The summed E-state index contributed by atoms with van der Waals surface area (Å²) in [6, 6.07) is -2.58. The number of hydrogen-bond donors (Lipinski definition) is 4. The lowest BCUT2D eigenvalue weighted by Gasteiger charge is -2.22. The van der Waals surface area contributed by atoms with Gasteiger partial charge in [0, 0.05) is 0 Å². The Bertz CT molecular complexity index is 356. The van der Waals surface area contributed by atoms with E-state index in [1.165, 1.54) is 6.92 Å². The molecule has 0 aromatic carbocycles. The van der Waals surface area contributed by atoms with E-state index in [0.717, 1.165) is 0 Å². The highest BCUT2D eigenvalue weighted by Gasteiger charge is 2.29. The van der Waals surface area contributed by atoms with Crippen molar-refractivity contribution in [2.45, 2.75) is 45.4 Å². The second kappa shape index (κ2) is 8.49. The van der Waals surface area contributed by atoms with Gasteiger partial charge in [-0.3, -0.25) is 9.59 Å². The minimum atomic E-state index is -1.30. The Hall–Kier alpha value is -1.67. The third-order valence-electron chi connectivity index (χ3n) is 2.32. The first-order valence-electron chi connectivity index (χ1n) is 6.27. The van der Waals surface area contributed by atoms with Crippen molar-refractivity contribution >= 4 is 17.8 Å². The van der Waals surface area contributed by atoms with E-state index in [1.807, 2.05) is 13.8 Å². The Balaban J connectivity index is 4.57. The quantitative estimate of drug-likeness (QED) is 0.414. The maximum absolute atomic E-state index is 11.7. The molecule has 1 amide bonds. The van der Waals surface area contributed by atoms with Gasteiger partial charge in [-0.15, -0.1) is 0 Å². The van der Waals surface area contributed by atoms with Crippen LogP contribution in [0.15, 0.2) is 0 Å². The van der Waals surface area contributed by atoms with Crippen molar-refractivity contribution in [1.82, 2.24) is 5.32 Å². The fourth-order valence-electron chi connectivity index (χ4n) is 1.26. The summed E-state index contributed by atoms with van der Waals surface area (Å²) in [6.07, 6.45) is -1.75. The van der Waals surface area contributed by atoms with Crippen LogP contribution in [0.4, 0.5) is 0 Å². The zero-order valence-electron chi connectivity index (χ0n) is 11.8. The van der Waals surface area contributed by atoms with E-state index < -0.39 is 42.5 Å². The lowest BCUT2D eigenvalue weighted by atomic mass is 10.1. The van der Waals surface area contributed by atoms with Crippen molar-refractivity contribution in [2.75, 3.05) is 6.61 Å². The largest absolute Gasteiger partial charge is 0.481 e. The first kappa shape index (κ1) is 18.3. The standard InChI is InChI=1S/C12H22N2O6/c1-6(2)5-20-12(19)10(7(3)15)14-11(18)8(13)4-9(16)17/h6-8,10,15H,4-5,13H2,1-3H3,(H,14,18)(H,16,17)/t7-,8+,10-/m1/s1. The maximum atomic E-state index is 11.7. The van der Waals surface area contributed by atoms with Crippen LogP contribution in [0.3, 0.4) is 0 Å². The molecule has 0 aliphatic heterocycles. The molecule has 0 aliphatic carbocycles. The minimum absolute atomic E-state index is 0.110. The highest BCUT2D eigenvalue weighted by atomic mass is 16.5. The fraction of sp³-hybridized carbons (Fsp3) is 0.750. The molecule has 0 heterocycles. The van der Waals surface area contributed by atoms with E-state index in [9.17, 15) is 19.5 Å². The van der Waals surface area contributed by atoms with E-state index >= 15 is 0 Å². The topological polar surface area (TPSA) is 139 Å². The molecule has 116 valence electrons. The van der Waals surface area contributed by atoms with Gasteiger partial charge in [-0.1, -0.05) is 13.8 Å². The number of carbonyl (C=O) groups is 3. The van der Waals surface area contributed by atoms with Gasteiger partial charge in [-0.2, -0.15) is 0 Å². The molecule has 0 saturated heterocycles. The van der Waals surface area contributed by atoms with E-state index in [-0.39, 0.29) is 12.5 Å². The number of rotatable bonds is 8. The van der Waals surface area contributed by atoms with Gasteiger partial charge in [-0.25, -0.2) is 4.79 Å². The minimum Gasteiger partial charge on any atom is -0.481 e. The van der Waals surface area contributed by atoms with Gasteiger partial charge < -0.3 is 26.0 Å². The number of carboxylic acid groups (broad SMARTS) is 1. The molecule has 20 heavy (non-hydrogen) atoms. The maximum Gasteiger partial charge on any atom is 0.331 e. The summed E-state index contributed by atoms with van der Waals surface area (Å²) in [5.74, 6) is -2.74. The van der Waals surface area contributed by atoms with Crippen LogP contribution in [-0.2, 0) is 19.1 Å². The van der Waals surface area contributed by atoms with Crippen LogP contribution in [-0.4, -0.2) is 52.9 Å². The van der Waals surface area contributed by atoms with Gasteiger partial charge in [-0.05, 0) is 12.8 Å². The first-order valence-corrected chi connectivity index (χ1v) is 6.27. The highest BCUT2D eigenvalue weighted by Crippen LogP contribution is 2.01. The number of ether oxygens (including phenoxy) is 1. The van der Waals surface area contributed by atoms with Gasteiger partial charge in [0.1, 0.15) is 0 Å². The van der Waals surface area contributed by atoms with Crippen molar-refractivity contribution in [3.63, 3.8) is 0 Å². The molecule has 0 aromatic heterocycles. The van der Waals surface area contributed by atoms with Crippen molar-refractivity contribution in [2.24, 2.45) is 11.7 Å². The Labute approximate surface area is 117 Å². The van der Waals surface area contributed by atoms with Crippen LogP contribution >= 0.6 is 0 Å². The van der Waals surface area contributed by atoms with Gasteiger partial charge >= 0.3 is 11.9 Å². The van der Waals surface area contributed by atoms with Gasteiger partial charge in [0.15, 0.2) is 6.04 Å². The average molecular weight is 290 g/mol. The number of hydrogen-bond acceptors (Lipinski definition) is 6. The summed E-state index contributed by atoms with van der Waals surface area (Å²) in [4.78, 5) is 33.8. The second-order valence-corrected chi connectivity index (χ2v) is 4.96. The number of aliphatic carboxylic acids is 1. The summed E-state index contributed by atoms with van der Waals surface area (Å²) in [7, 11) is 0. The van der Waals surface area contributed by atoms with Gasteiger partial charge in [0.05, 0.1) is 25.2 Å². The molecular formula is C12H22N2O6. The highest BCUT2D eigenvalue weighted by molar-refractivity contribution is 5.90. The Morgan fingerprint density at radius 2 is 1.80 bits per heavy atom. The number of nitrogens with two attached hydrogens (primary N) is 1. The SMILES string of the molecule is CC(C)COC(=O)[C@H](NC(=O)[C@@H](N)CC(=O)O)[C@@H](C)O. The first-order chi connectivity index (χ1) is 9.15. The van der Waals surface area contributed by atoms with Gasteiger partial charge in [0.25, 0.3) is 0 Å². The molecule has 0 bridgehead atoms. The average Bonchev–Trinajstić information content (AvgIpc) is 2.31. The number of carboxylic acids is 1. The molecule has 8 nitrogen and oxygen atoms in total. The molecule has 0 radical (unpaired) electrons. The molecule has 0 aromatic rings. The van der Waals surface area contributed by atoms with Crippen molar-refractivity contribution < 1.29 is 29.3 Å². The van der Waals surface area contributed by atoms with Crippen molar-refractivity contribution in [1.29, 1.82) is 0 Å². The molecule has 3 atom stereocenters. The number of amides is 1. The molecular weight excluding hydrogens is 268 g/mol. The summed E-state index contributed by atoms with van der Waals surface area (Å²) in [5.41, 5.74) is 5.36. The lowest BCUT2D eigenvalue weighted by Crippen LogP contribution is -2.53. The van der Waals surface area contributed by atoms with Crippen LogP contribution in [0.25, 0.3) is 0 Å². The van der Waals surface area contributed by atoms with E-state index in [4.69, 9.17) is 15.6 Å². The third kappa shape index (κ3) is 7.05. The van der Waals surface area contributed by atoms with Crippen LogP contribution in [0.1, 0.15) is 27.2 Å². The number of aliphatic hydroxyl groups is 1. The number of aliphatic hydroxyl groups excluding tert-OH is 1. The van der Waals surface area contributed by atoms with Crippen LogP contribution in [0, 0.1) is 5.92 Å². The van der Waals surface area contributed by atoms with Gasteiger partial charge in [0.2, 0.25) is 5.91 Å². The number of nitrogens with one attached hydrogen (secondary N) is 1. The second-order valence-electron chi connectivity index (χ2n) is 4.96. The van der Waals surface area contributed by atoms with E-state index in [2.05, 4.69) is 5.32 Å². The Kier molecular flexibility index (Phi) is 7.78. The normalized spacial score (nSPS) is 15.3. The molecule has 0 fully saturated rings. The van der Waals surface area contributed by atoms with E-state index in [0.29, 0.717) is 0 Å². The zero-order chi connectivity index (χ0) is 15.9. The zero-order valence-corrected chi connectivity index (χ0v) is 11.8. The predicted molar refractivity (Wildman–Crippen MR) is 69.6 cm³/mol. The lowest BCUT2D eigenvalue weighted by molar-refractivity contribution is -0.152. The van der Waals surface area contributed by atoms with Crippen LogP contribution in [0.2, 0.25) is 0 Å². The van der Waals surface area contributed by atoms with Crippen molar-refractivity contribution in [3.8, 4) is 0 Å². The molecule has 5 N–H and O–H groups in total. The van der Waals surface area contributed by atoms with Crippen molar-refractivity contribution in [3.05, 3.63) is 0 Å².